The molecule has 8 heteroatoms. The molecule has 1 aliphatic heterocycles. The third-order valence-corrected chi connectivity index (χ3v) is 7.05. The molecule has 0 atom stereocenters. The molecule has 1 saturated heterocycles. The largest absolute Gasteiger partial charge is 0.396 e. The summed E-state index contributed by atoms with van der Waals surface area (Å²) < 4.78 is 7.75. The van der Waals surface area contributed by atoms with Crippen LogP contribution in [0.25, 0.3) is 11.2 Å². The molecule has 0 radical (unpaired) electrons. The van der Waals surface area contributed by atoms with Crippen molar-refractivity contribution in [3.63, 3.8) is 0 Å². The Bertz CT molecular complexity index is 1060. The molecule has 0 amide bonds. The van der Waals surface area contributed by atoms with Gasteiger partial charge in [0.2, 0.25) is 5.95 Å². The fourth-order valence-electron chi connectivity index (χ4n) is 4.95. The summed E-state index contributed by atoms with van der Waals surface area (Å²) in [6.45, 7) is 1.92. The molecular weight excluding hydrogens is 426 g/mol. The van der Waals surface area contributed by atoms with Crippen molar-refractivity contribution < 1.29 is 9.84 Å². The molecule has 2 aromatic heterocycles. The number of halogens is 1. The van der Waals surface area contributed by atoms with Gasteiger partial charge < -0.3 is 15.2 Å². The van der Waals surface area contributed by atoms with Crippen LogP contribution < -0.4 is 5.32 Å². The number of fused-ring (bicyclic) bond motifs is 1. The Labute approximate surface area is 193 Å². The van der Waals surface area contributed by atoms with Gasteiger partial charge in [0.15, 0.2) is 5.65 Å². The van der Waals surface area contributed by atoms with Crippen molar-refractivity contribution in [2.75, 3.05) is 25.1 Å². The van der Waals surface area contributed by atoms with Gasteiger partial charge in [-0.1, -0.05) is 17.7 Å². The number of imidazole rings is 1. The molecule has 3 heterocycles. The molecule has 0 spiro atoms. The first-order valence-electron chi connectivity index (χ1n) is 11.6. The molecule has 1 saturated carbocycles. The van der Waals surface area contributed by atoms with E-state index in [0.717, 1.165) is 86.8 Å². The number of anilines is 2. The quantitative estimate of drug-likeness (QED) is 0.549. The number of hydrogen-bond acceptors (Lipinski definition) is 6. The van der Waals surface area contributed by atoms with Crippen molar-refractivity contribution in [3.05, 3.63) is 41.3 Å². The molecule has 7 nitrogen and oxygen atoms in total. The molecule has 3 aromatic rings. The average molecular weight is 456 g/mol. The van der Waals surface area contributed by atoms with E-state index in [1.807, 2.05) is 30.5 Å². The molecule has 5 rings (SSSR count). The molecule has 1 aliphatic carbocycles. The Morgan fingerprint density at radius 1 is 1.06 bits per heavy atom. The van der Waals surface area contributed by atoms with E-state index in [1.165, 1.54) is 0 Å². The predicted octanol–water partition coefficient (Wildman–Crippen LogP) is 4.92. The molecule has 2 fully saturated rings. The van der Waals surface area contributed by atoms with Gasteiger partial charge in [-0.2, -0.15) is 0 Å². The highest BCUT2D eigenvalue weighted by Gasteiger charge is 2.27. The lowest BCUT2D eigenvalue weighted by Crippen LogP contribution is -2.22. The number of hydrogen-bond donors (Lipinski definition) is 2. The minimum absolute atomic E-state index is 0.266. The van der Waals surface area contributed by atoms with Crippen LogP contribution in [0.3, 0.4) is 0 Å². The van der Waals surface area contributed by atoms with Crippen LogP contribution in [0, 0.1) is 11.8 Å². The number of nitrogens with one attached hydrogen (secondary N) is 1. The molecule has 32 heavy (non-hydrogen) atoms. The zero-order valence-electron chi connectivity index (χ0n) is 18.2. The van der Waals surface area contributed by atoms with Crippen LogP contribution in [0.4, 0.5) is 11.6 Å². The maximum Gasteiger partial charge on any atom is 0.209 e. The standard InChI is InChI=1S/C24H30ClN5O2/c25-18-2-1-3-19(13-18)27-24-28-21-14-26-22(12-16-8-10-32-11-9-16)29-23(21)30(24)20-6-4-17(15-31)5-7-20/h1-3,13-14,16-17,20,31H,4-12,15H2,(H,27,28). The Morgan fingerprint density at radius 2 is 1.88 bits per heavy atom. The second kappa shape index (κ2) is 9.73. The topological polar surface area (TPSA) is 85.1 Å². The summed E-state index contributed by atoms with van der Waals surface area (Å²) >= 11 is 6.20. The summed E-state index contributed by atoms with van der Waals surface area (Å²) in [5.41, 5.74) is 2.59. The molecular formula is C24H30ClN5O2. The second-order valence-electron chi connectivity index (χ2n) is 9.05. The van der Waals surface area contributed by atoms with E-state index in [4.69, 9.17) is 26.3 Å². The van der Waals surface area contributed by atoms with Gasteiger partial charge in [-0.05, 0) is 68.6 Å². The van der Waals surface area contributed by atoms with E-state index in [9.17, 15) is 5.11 Å². The highest BCUT2D eigenvalue weighted by molar-refractivity contribution is 6.30. The van der Waals surface area contributed by atoms with E-state index in [-0.39, 0.29) is 12.6 Å². The van der Waals surface area contributed by atoms with Gasteiger partial charge >= 0.3 is 0 Å². The molecule has 0 bridgehead atoms. The summed E-state index contributed by atoms with van der Waals surface area (Å²) in [6.07, 6.45) is 8.88. The van der Waals surface area contributed by atoms with Gasteiger partial charge in [-0.25, -0.2) is 15.0 Å². The summed E-state index contributed by atoms with van der Waals surface area (Å²) in [5, 5.41) is 13.7. The monoisotopic (exact) mass is 455 g/mol. The summed E-state index contributed by atoms with van der Waals surface area (Å²) in [4.78, 5) is 14.5. The smallest absolute Gasteiger partial charge is 0.209 e. The third-order valence-electron chi connectivity index (χ3n) is 6.82. The van der Waals surface area contributed by atoms with Crippen molar-refractivity contribution >= 4 is 34.4 Å². The number of aliphatic hydroxyl groups excluding tert-OH is 1. The first-order chi connectivity index (χ1) is 15.7. The Balaban J connectivity index is 1.49. The molecule has 2 N–H and O–H groups in total. The van der Waals surface area contributed by atoms with E-state index in [1.54, 1.807) is 0 Å². The van der Waals surface area contributed by atoms with Crippen LogP contribution in [-0.4, -0.2) is 44.4 Å². The van der Waals surface area contributed by atoms with Gasteiger partial charge in [-0.3, -0.25) is 4.57 Å². The summed E-state index contributed by atoms with van der Waals surface area (Å²) in [6, 6.07) is 7.96. The van der Waals surface area contributed by atoms with Crippen molar-refractivity contribution in [1.82, 2.24) is 19.5 Å². The predicted molar refractivity (Wildman–Crippen MR) is 125 cm³/mol. The highest BCUT2D eigenvalue weighted by Crippen LogP contribution is 2.37. The van der Waals surface area contributed by atoms with Crippen LogP contribution >= 0.6 is 11.6 Å². The van der Waals surface area contributed by atoms with Crippen LogP contribution in [0.15, 0.2) is 30.5 Å². The Kier molecular flexibility index (Phi) is 6.57. The van der Waals surface area contributed by atoms with E-state index in [0.29, 0.717) is 16.9 Å². The maximum absolute atomic E-state index is 9.57. The van der Waals surface area contributed by atoms with Crippen LogP contribution in [0.2, 0.25) is 5.02 Å². The minimum Gasteiger partial charge on any atom is -0.396 e. The van der Waals surface area contributed by atoms with Gasteiger partial charge in [0.1, 0.15) is 11.3 Å². The van der Waals surface area contributed by atoms with Crippen LogP contribution in [0.5, 0.6) is 0 Å². The number of rotatable bonds is 6. The van der Waals surface area contributed by atoms with E-state index >= 15 is 0 Å². The highest BCUT2D eigenvalue weighted by atomic mass is 35.5. The van der Waals surface area contributed by atoms with E-state index < -0.39 is 0 Å². The fraction of sp³-hybridized carbons (Fsp3) is 0.542. The fourth-order valence-corrected chi connectivity index (χ4v) is 5.14. The lowest BCUT2D eigenvalue weighted by Gasteiger charge is -2.29. The van der Waals surface area contributed by atoms with E-state index in [2.05, 4.69) is 14.9 Å². The first-order valence-corrected chi connectivity index (χ1v) is 12.0. The number of aromatic nitrogens is 4. The van der Waals surface area contributed by atoms with Crippen LogP contribution in [0.1, 0.15) is 50.4 Å². The van der Waals surface area contributed by atoms with Crippen LogP contribution in [-0.2, 0) is 11.2 Å². The molecule has 170 valence electrons. The number of nitrogens with zero attached hydrogens (tertiary/aromatic N) is 4. The minimum atomic E-state index is 0.266. The number of ether oxygens (including phenoxy) is 1. The maximum atomic E-state index is 9.57. The molecule has 0 unspecified atom stereocenters. The summed E-state index contributed by atoms with van der Waals surface area (Å²) in [5.74, 6) is 2.61. The SMILES string of the molecule is OCC1CCC(n2c(Nc3cccc(Cl)c3)nc3cnc(CC4CCOCC4)nc32)CC1. The number of aliphatic hydroxyl groups is 1. The van der Waals surface area contributed by atoms with Gasteiger partial charge in [-0.15, -0.1) is 0 Å². The molecule has 2 aliphatic rings. The zero-order valence-corrected chi connectivity index (χ0v) is 19.0. The average Bonchev–Trinajstić information content (AvgIpc) is 3.17. The first kappa shape index (κ1) is 21.6. The normalized spacial score (nSPS) is 22.3. The zero-order chi connectivity index (χ0) is 21.9. The molecule has 1 aromatic carbocycles. The van der Waals surface area contributed by atoms with Crippen molar-refractivity contribution in [2.24, 2.45) is 11.8 Å². The third kappa shape index (κ3) is 4.75. The lowest BCUT2D eigenvalue weighted by molar-refractivity contribution is 0.0660. The van der Waals surface area contributed by atoms with Gasteiger partial charge in [0, 0.05) is 43.0 Å². The van der Waals surface area contributed by atoms with Crippen molar-refractivity contribution in [1.29, 1.82) is 0 Å². The van der Waals surface area contributed by atoms with Crippen molar-refractivity contribution in [3.8, 4) is 0 Å². The number of benzene rings is 1. The second-order valence-corrected chi connectivity index (χ2v) is 9.49. The van der Waals surface area contributed by atoms with Gasteiger partial charge in [0.05, 0.1) is 6.20 Å². The summed E-state index contributed by atoms with van der Waals surface area (Å²) in [7, 11) is 0. The van der Waals surface area contributed by atoms with Gasteiger partial charge in [0.25, 0.3) is 0 Å². The lowest BCUT2D eigenvalue weighted by atomic mass is 9.86. The van der Waals surface area contributed by atoms with Crippen molar-refractivity contribution in [2.45, 2.75) is 51.0 Å². The Hall–Kier alpha value is -2.22. The Morgan fingerprint density at radius 3 is 2.62 bits per heavy atom.